The molecule has 0 fully saturated rings. The van der Waals surface area contributed by atoms with E-state index in [1.807, 2.05) is 31.3 Å². The number of fused-ring (bicyclic) bond motifs is 1. The molecule has 0 saturated heterocycles. The van der Waals surface area contributed by atoms with Crippen LogP contribution in [0.1, 0.15) is 0 Å². The summed E-state index contributed by atoms with van der Waals surface area (Å²) in [6.45, 7) is 2.36. The summed E-state index contributed by atoms with van der Waals surface area (Å²) in [5.41, 5.74) is 0. The van der Waals surface area contributed by atoms with Crippen molar-refractivity contribution in [3.05, 3.63) is 24.3 Å². The van der Waals surface area contributed by atoms with Gasteiger partial charge in [0, 0.05) is 12.5 Å². The smallest absolute Gasteiger partial charge is 0.161 e. The van der Waals surface area contributed by atoms with Crippen LogP contribution in [-0.4, -0.2) is 26.8 Å². The Kier molecular flexibility index (Phi) is 4.72. The molecule has 0 aromatic heterocycles. The van der Waals surface area contributed by atoms with E-state index in [0.717, 1.165) is 31.3 Å². The minimum atomic E-state index is 0. The first-order valence-corrected chi connectivity index (χ1v) is 4.89. The van der Waals surface area contributed by atoms with Crippen molar-refractivity contribution in [1.82, 2.24) is 5.32 Å². The molecule has 1 heterocycles. The Labute approximate surface area is 96.2 Å². The fourth-order valence-corrected chi connectivity index (χ4v) is 1.56. The van der Waals surface area contributed by atoms with E-state index in [9.17, 15) is 0 Å². The Balaban J connectivity index is 0.00000112. The third kappa shape index (κ3) is 3.01. The number of hydrogen-bond donors (Lipinski definition) is 1. The van der Waals surface area contributed by atoms with E-state index in [1.165, 1.54) is 0 Å². The summed E-state index contributed by atoms with van der Waals surface area (Å²) in [5.74, 6) is 2.13. The van der Waals surface area contributed by atoms with E-state index >= 15 is 0 Å². The highest BCUT2D eigenvalue weighted by molar-refractivity contribution is 5.85. The van der Waals surface area contributed by atoms with Gasteiger partial charge in [0.1, 0.15) is 0 Å². The predicted octanol–water partition coefficient (Wildman–Crippen LogP) is 1.72. The summed E-state index contributed by atoms with van der Waals surface area (Å²) in [5, 5.41) is 3.13. The molecule has 0 aliphatic carbocycles. The van der Waals surface area contributed by atoms with Crippen LogP contribution in [-0.2, 0) is 0 Å². The number of hydrogen-bond acceptors (Lipinski definition) is 3. The molecule has 4 heteroatoms. The van der Waals surface area contributed by atoms with Gasteiger partial charge in [-0.3, -0.25) is 0 Å². The molecule has 3 nitrogen and oxygen atoms in total. The molecule has 0 amide bonds. The first kappa shape index (κ1) is 12.1. The number of ether oxygens (including phenoxy) is 2. The highest BCUT2D eigenvalue weighted by Gasteiger charge is 2.16. The average Bonchev–Trinajstić information content (AvgIpc) is 2.42. The van der Waals surface area contributed by atoms with Gasteiger partial charge in [-0.2, -0.15) is 0 Å². The second-order valence-corrected chi connectivity index (χ2v) is 3.49. The molecule has 1 N–H and O–H groups in total. The maximum atomic E-state index is 5.65. The minimum absolute atomic E-state index is 0. The number of nitrogens with one attached hydrogen (secondary N) is 1. The van der Waals surface area contributed by atoms with Gasteiger partial charge in [0.25, 0.3) is 0 Å². The Morgan fingerprint density at radius 2 is 1.73 bits per heavy atom. The van der Waals surface area contributed by atoms with Crippen LogP contribution in [0.2, 0.25) is 0 Å². The summed E-state index contributed by atoms with van der Waals surface area (Å²) < 4.78 is 11.3. The molecule has 2 rings (SSSR count). The van der Waals surface area contributed by atoms with Crippen LogP contribution in [0.15, 0.2) is 24.3 Å². The molecule has 1 aromatic rings. The monoisotopic (exact) mass is 229 g/mol. The Morgan fingerprint density at radius 1 is 1.20 bits per heavy atom. The summed E-state index contributed by atoms with van der Waals surface area (Å²) in [6.07, 6.45) is 0. The predicted molar refractivity (Wildman–Crippen MR) is 62.1 cm³/mol. The quantitative estimate of drug-likeness (QED) is 0.838. The lowest BCUT2D eigenvalue weighted by Crippen LogP contribution is -2.27. The van der Waals surface area contributed by atoms with Crippen LogP contribution in [0.5, 0.6) is 11.5 Å². The van der Waals surface area contributed by atoms with Gasteiger partial charge in [0.15, 0.2) is 11.5 Å². The van der Waals surface area contributed by atoms with Crippen molar-refractivity contribution < 1.29 is 9.47 Å². The van der Waals surface area contributed by atoms with E-state index in [0.29, 0.717) is 5.92 Å². The minimum Gasteiger partial charge on any atom is -0.489 e. The first-order valence-electron chi connectivity index (χ1n) is 4.89. The maximum Gasteiger partial charge on any atom is 0.161 e. The highest BCUT2D eigenvalue weighted by Crippen LogP contribution is 2.29. The molecular weight excluding hydrogens is 214 g/mol. The zero-order valence-electron chi connectivity index (χ0n) is 8.73. The van der Waals surface area contributed by atoms with Crippen molar-refractivity contribution in [2.75, 3.05) is 26.8 Å². The molecular formula is C11H16ClNO2. The molecule has 84 valence electrons. The van der Waals surface area contributed by atoms with Crippen molar-refractivity contribution in [2.24, 2.45) is 5.92 Å². The Bertz CT molecular complexity index is 279. The van der Waals surface area contributed by atoms with E-state index in [-0.39, 0.29) is 12.4 Å². The zero-order valence-corrected chi connectivity index (χ0v) is 9.55. The van der Waals surface area contributed by atoms with Crippen molar-refractivity contribution in [1.29, 1.82) is 0 Å². The van der Waals surface area contributed by atoms with E-state index in [4.69, 9.17) is 9.47 Å². The lowest BCUT2D eigenvalue weighted by molar-refractivity contribution is 0.213. The van der Waals surface area contributed by atoms with E-state index in [2.05, 4.69) is 5.32 Å². The van der Waals surface area contributed by atoms with E-state index in [1.54, 1.807) is 0 Å². The lowest BCUT2D eigenvalue weighted by Gasteiger charge is -2.11. The third-order valence-corrected chi connectivity index (χ3v) is 2.29. The normalized spacial score (nSPS) is 15.3. The summed E-state index contributed by atoms with van der Waals surface area (Å²) in [6, 6.07) is 7.80. The topological polar surface area (TPSA) is 30.5 Å². The molecule has 1 aliphatic heterocycles. The molecule has 0 saturated carbocycles. The maximum absolute atomic E-state index is 5.65. The van der Waals surface area contributed by atoms with Crippen molar-refractivity contribution >= 4 is 12.4 Å². The second-order valence-electron chi connectivity index (χ2n) is 3.49. The molecule has 0 bridgehead atoms. The van der Waals surface area contributed by atoms with Crippen LogP contribution in [0.4, 0.5) is 0 Å². The van der Waals surface area contributed by atoms with Crippen LogP contribution in [0.25, 0.3) is 0 Å². The number of halogens is 1. The molecule has 15 heavy (non-hydrogen) atoms. The second kappa shape index (κ2) is 5.83. The van der Waals surface area contributed by atoms with Crippen LogP contribution in [0.3, 0.4) is 0 Å². The van der Waals surface area contributed by atoms with Gasteiger partial charge < -0.3 is 14.8 Å². The average molecular weight is 230 g/mol. The number of para-hydroxylation sites is 2. The van der Waals surface area contributed by atoms with Gasteiger partial charge in [-0.25, -0.2) is 0 Å². The lowest BCUT2D eigenvalue weighted by atomic mass is 10.2. The number of rotatable bonds is 2. The summed E-state index contributed by atoms with van der Waals surface area (Å²) in [7, 11) is 1.94. The van der Waals surface area contributed by atoms with Gasteiger partial charge >= 0.3 is 0 Å². The van der Waals surface area contributed by atoms with Crippen LogP contribution in [0, 0.1) is 5.92 Å². The third-order valence-electron chi connectivity index (χ3n) is 2.29. The molecule has 0 radical (unpaired) electrons. The summed E-state index contributed by atoms with van der Waals surface area (Å²) >= 11 is 0. The van der Waals surface area contributed by atoms with Gasteiger partial charge in [0.05, 0.1) is 13.2 Å². The van der Waals surface area contributed by atoms with E-state index < -0.39 is 0 Å². The molecule has 1 aliphatic rings. The zero-order chi connectivity index (χ0) is 9.80. The largest absolute Gasteiger partial charge is 0.489 e. The highest BCUT2D eigenvalue weighted by atomic mass is 35.5. The molecule has 0 atom stereocenters. The van der Waals surface area contributed by atoms with Crippen molar-refractivity contribution in [2.45, 2.75) is 0 Å². The van der Waals surface area contributed by atoms with Crippen LogP contribution < -0.4 is 14.8 Å². The first-order chi connectivity index (χ1) is 6.90. The van der Waals surface area contributed by atoms with Crippen molar-refractivity contribution in [3.63, 3.8) is 0 Å². The number of benzene rings is 1. The van der Waals surface area contributed by atoms with Gasteiger partial charge in [-0.15, -0.1) is 12.4 Å². The van der Waals surface area contributed by atoms with Gasteiger partial charge in [-0.1, -0.05) is 12.1 Å². The SMILES string of the molecule is CNCC1COc2ccccc2OC1.Cl. The fraction of sp³-hybridized carbons (Fsp3) is 0.455. The van der Waals surface area contributed by atoms with Crippen LogP contribution >= 0.6 is 12.4 Å². The fourth-order valence-electron chi connectivity index (χ4n) is 1.56. The van der Waals surface area contributed by atoms with Crippen molar-refractivity contribution in [3.8, 4) is 11.5 Å². The summed E-state index contributed by atoms with van der Waals surface area (Å²) in [4.78, 5) is 0. The molecule has 0 spiro atoms. The molecule has 1 aromatic carbocycles. The molecule has 0 unspecified atom stereocenters. The van der Waals surface area contributed by atoms with Gasteiger partial charge in [0.2, 0.25) is 0 Å². The van der Waals surface area contributed by atoms with Gasteiger partial charge in [-0.05, 0) is 19.2 Å². The standard InChI is InChI=1S/C11H15NO2.ClH/c1-12-6-9-7-13-10-4-2-3-5-11(10)14-8-9;/h2-5,9,12H,6-8H2,1H3;1H. The Morgan fingerprint density at radius 3 is 2.20 bits per heavy atom. The Hall–Kier alpha value is -0.930.